The zero-order chi connectivity index (χ0) is 23.6. The minimum atomic E-state index is -1.72. The van der Waals surface area contributed by atoms with Gasteiger partial charge in [-0.3, -0.25) is 14.4 Å². The maximum Gasteiger partial charge on any atom is 0.291 e. The van der Waals surface area contributed by atoms with Gasteiger partial charge >= 0.3 is 0 Å². The van der Waals surface area contributed by atoms with E-state index in [1.54, 1.807) is 30.3 Å². The van der Waals surface area contributed by atoms with Gasteiger partial charge in [-0.15, -0.1) is 6.58 Å². The van der Waals surface area contributed by atoms with Crippen molar-refractivity contribution in [3.8, 4) is 0 Å². The molecule has 0 radical (unpaired) electrons. The summed E-state index contributed by atoms with van der Waals surface area (Å²) in [7, 11) is 0. The summed E-state index contributed by atoms with van der Waals surface area (Å²) in [6.07, 6.45) is 2.90. The van der Waals surface area contributed by atoms with E-state index in [9.17, 15) is 18.8 Å². The second-order valence-corrected chi connectivity index (χ2v) is 8.76. The van der Waals surface area contributed by atoms with Crippen molar-refractivity contribution in [3.05, 3.63) is 88.0 Å². The maximum absolute atomic E-state index is 14.2. The van der Waals surface area contributed by atoms with Crippen LogP contribution in [0.3, 0.4) is 0 Å². The van der Waals surface area contributed by atoms with Crippen LogP contribution in [0.5, 0.6) is 0 Å². The number of hydrogen-bond acceptors (Lipinski definition) is 5. The Kier molecular flexibility index (Phi) is 4.50. The molecule has 3 aromatic rings. The number of para-hydroxylation sites is 1. The molecule has 1 spiro atoms. The first kappa shape index (κ1) is 20.8. The molecule has 7 nitrogen and oxygen atoms in total. The van der Waals surface area contributed by atoms with E-state index in [1.165, 1.54) is 21.9 Å². The van der Waals surface area contributed by atoms with Crippen molar-refractivity contribution in [2.45, 2.75) is 24.5 Å². The number of rotatable bonds is 4. The predicted molar refractivity (Wildman–Crippen MR) is 122 cm³/mol. The van der Waals surface area contributed by atoms with Crippen LogP contribution in [-0.2, 0) is 15.1 Å². The molecule has 172 valence electrons. The first-order valence-corrected chi connectivity index (χ1v) is 11.2. The second-order valence-electron chi connectivity index (χ2n) is 8.76. The average Bonchev–Trinajstić information content (AvgIpc) is 3.50. The molecule has 8 heteroatoms. The molecule has 4 heterocycles. The van der Waals surface area contributed by atoms with E-state index in [-0.39, 0.29) is 41.5 Å². The highest BCUT2D eigenvalue weighted by atomic mass is 19.1. The Morgan fingerprint density at radius 1 is 1.18 bits per heavy atom. The van der Waals surface area contributed by atoms with Gasteiger partial charge in [-0.05, 0) is 37.1 Å². The van der Waals surface area contributed by atoms with Crippen LogP contribution in [0.1, 0.15) is 34.5 Å². The van der Waals surface area contributed by atoms with E-state index in [0.29, 0.717) is 17.9 Å². The average molecular weight is 460 g/mol. The standard InChI is InChI=1S/C26H21FN2O5/c1-2-11-28-19-8-4-3-7-18(19)26(25(28)32)21-22(30)17-13-15(27)9-10-20(17)34-23(21)24(31)29(26)14-16-6-5-12-33-16/h2-4,7-10,13,16H,1,5-6,11-12,14H2. The number of ether oxygens (including phenoxy) is 1. The summed E-state index contributed by atoms with van der Waals surface area (Å²) in [5, 5.41) is -0.0163. The van der Waals surface area contributed by atoms with E-state index in [2.05, 4.69) is 6.58 Å². The van der Waals surface area contributed by atoms with Crippen molar-refractivity contribution in [1.82, 2.24) is 4.90 Å². The number of benzene rings is 2. The minimum Gasteiger partial charge on any atom is -0.450 e. The van der Waals surface area contributed by atoms with Crippen LogP contribution in [0, 0.1) is 5.82 Å². The van der Waals surface area contributed by atoms with Crippen LogP contribution in [-0.4, -0.2) is 42.5 Å². The van der Waals surface area contributed by atoms with Crippen LogP contribution in [0.15, 0.2) is 64.3 Å². The number of carbonyl (C=O) groups excluding carboxylic acids is 2. The van der Waals surface area contributed by atoms with E-state index in [1.807, 2.05) is 0 Å². The smallest absolute Gasteiger partial charge is 0.291 e. The van der Waals surface area contributed by atoms with Crippen molar-refractivity contribution < 1.29 is 23.1 Å². The lowest BCUT2D eigenvalue weighted by atomic mass is 9.83. The van der Waals surface area contributed by atoms with Crippen LogP contribution in [0.25, 0.3) is 11.0 Å². The van der Waals surface area contributed by atoms with Gasteiger partial charge in [0.2, 0.25) is 5.76 Å². The summed E-state index contributed by atoms with van der Waals surface area (Å²) < 4.78 is 25.8. The molecule has 34 heavy (non-hydrogen) atoms. The molecule has 2 aromatic carbocycles. The predicted octanol–water partition coefficient (Wildman–Crippen LogP) is 3.34. The molecule has 1 fully saturated rings. The van der Waals surface area contributed by atoms with Gasteiger partial charge < -0.3 is 19.0 Å². The van der Waals surface area contributed by atoms with Gasteiger partial charge in [-0.2, -0.15) is 0 Å². The Morgan fingerprint density at radius 3 is 2.76 bits per heavy atom. The third-order valence-electron chi connectivity index (χ3n) is 6.92. The topological polar surface area (TPSA) is 80.1 Å². The van der Waals surface area contributed by atoms with Gasteiger partial charge in [-0.25, -0.2) is 4.39 Å². The third kappa shape index (κ3) is 2.57. The molecule has 3 aliphatic rings. The van der Waals surface area contributed by atoms with Gasteiger partial charge in [0.1, 0.15) is 11.4 Å². The summed E-state index contributed by atoms with van der Waals surface area (Å²) in [6.45, 7) is 4.65. The highest BCUT2D eigenvalue weighted by Crippen LogP contribution is 2.52. The van der Waals surface area contributed by atoms with Crippen molar-refractivity contribution in [3.63, 3.8) is 0 Å². The molecular formula is C26H21FN2O5. The number of amides is 2. The SMILES string of the molecule is C=CCN1C(=O)C2(c3ccccc31)c1c(oc3ccc(F)cc3c1=O)C(=O)N2CC1CCCO1. The van der Waals surface area contributed by atoms with E-state index in [0.717, 1.165) is 18.9 Å². The largest absolute Gasteiger partial charge is 0.450 e. The van der Waals surface area contributed by atoms with Crippen molar-refractivity contribution in [2.24, 2.45) is 0 Å². The lowest BCUT2D eigenvalue weighted by Gasteiger charge is -2.35. The van der Waals surface area contributed by atoms with E-state index in [4.69, 9.17) is 9.15 Å². The van der Waals surface area contributed by atoms with Gasteiger partial charge in [0.15, 0.2) is 11.0 Å². The summed E-state index contributed by atoms with van der Waals surface area (Å²) >= 11 is 0. The Hall–Kier alpha value is -3.78. The molecule has 1 aromatic heterocycles. The second kappa shape index (κ2) is 7.36. The molecule has 6 rings (SSSR count). The van der Waals surface area contributed by atoms with Gasteiger partial charge in [0.25, 0.3) is 11.8 Å². The number of carbonyl (C=O) groups is 2. The van der Waals surface area contributed by atoms with Crippen molar-refractivity contribution in [1.29, 1.82) is 0 Å². The molecule has 0 N–H and O–H groups in total. The van der Waals surface area contributed by atoms with Crippen molar-refractivity contribution in [2.75, 3.05) is 24.6 Å². The highest BCUT2D eigenvalue weighted by molar-refractivity contribution is 6.17. The zero-order valence-corrected chi connectivity index (χ0v) is 18.3. The first-order valence-electron chi connectivity index (χ1n) is 11.2. The van der Waals surface area contributed by atoms with Crippen LogP contribution < -0.4 is 10.3 Å². The molecular weight excluding hydrogens is 439 g/mol. The Bertz CT molecular complexity index is 1440. The lowest BCUT2D eigenvalue weighted by molar-refractivity contribution is -0.126. The Morgan fingerprint density at radius 2 is 2.00 bits per heavy atom. The van der Waals surface area contributed by atoms with Gasteiger partial charge in [-0.1, -0.05) is 24.3 Å². The fraction of sp³-hybridized carbons (Fsp3) is 0.269. The maximum atomic E-state index is 14.2. The Labute approximate surface area is 194 Å². The van der Waals surface area contributed by atoms with E-state index >= 15 is 0 Å². The number of fused-ring (bicyclic) bond motifs is 5. The first-order chi connectivity index (χ1) is 16.5. The number of anilines is 1. The number of halogens is 1. The number of nitrogens with zero attached hydrogens (tertiary/aromatic N) is 2. The molecule has 0 aliphatic carbocycles. The van der Waals surface area contributed by atoms with Gasteiger partial charge in [0, 0.05) is 25.3 Å². The fourth-order valence-electron chi connectivity index (χ4n) is 5.52. The summed E-state index contributed by atoms with van der Waals surface area (Å²) in [5.41, 5.74) is -1.20. The third-order valence-corrected chi connectivity index (χ3v) is 6.92. The molecule has 2 atom stereocenters. The Balaban J connectivity index is 1.70. The van der Waals surface area contributed by atoms with Gasteiger partial charge in [0.05, 0.1) is 22.7 Å². The van der Waals surface area contributed by atoms with Crippen LogP contribution in [0.4, 0.5) is 10.1 Å². The molecule has 1 saturated heterocycles. The van der Waals surface area contributed by atoms with Crippen LogP contribution in [0.2, 0.25) is 0 Å². The lowest BCUT2D eigenvalue weighted by Crippen LogP contribution is -2.55. The quantitative estimate of drug-likeness (QED) is 0.558. The normalized spacial score (nSPS) is 23.3. The van der Waals surface area contributed by atoms with Crippen LogP contribution >= 0.6 is 0 Å². The van der Waals surface area contributed by atoms with Crippen molar-refractivity contribution >= 4 is 28.5 Å². The highest BCUT2D eigenvalue weighted by Gasteiger charge is 2.65. The summed E-state index contributed by atoms with van der Waals surface area (Å²) in [4.78, 5) is 44.8. The molecule has 2 amide bonds. The summed E-state index contributed by atoms with van der Waals surface area (Å²) in [5.74, 6) is -1.80. The molecule has 0 saturated carbocycles. The molecule has 2 unspecified atom stereocenters. The fourth-order valence-corrected chi connectivity index (χ4v) is 5.52. The molecule has 3 aliphatic heterocycles. The monoisotopic (exact) mass is 460 g/mol. The molecule has 0 bridgehead atoms. The van der Waals surface area contributed by atoms with E-state index < -0.39 is 28.6 Å². The minimum absolute atomic E-state index is 0.0163. The summed E-state index contributed by atoms with van der Waals surface area (Å²) in [6, 6.07) is 10.6. The number of hydrogen-bond donors (Lipinski definition) is 0. The zero-order valence-electron chi connectivity index (χ0n) is 18.3.